The molecule has 0 aliphatic rings. The number of benzene rings is 1. The molecule has 0 fully saturated rings. The average Bonchev–Trinajstić information content (AvgIpc) is 2.90. The van der Waals surface area contributed by atoms with E-state index in [-0.39, 0.29) is 10.0 Å². The van der Waals surface area contributed by atoms with Crippen LogP contribution in [0.4, 0.5) is 5.69 Å². The molecule has 3 rings (SSSR count). The van der Waals surface area contributed by atoms with E-state index >= 15 is 0 Å². The third-order valence-corrected chi connectivity index (χ3v) is 3.65. The van der Waals surface area contributed by atoms with Crippen LogP contribution in [0.1, 0.15) is 10.4 Å². The average molecular weight is 357 g/mol. The number of nitrogens with zero attached hydrogens (tertiary/aromatic N) is 3. The molecule has 3 aromatic rings. The summed E-state index contributed by atoms with van der Waals surface area (Å²) in [5.74, 6) is -0.421. The lowest BCUT2D eigenvalue weighted by Crippen LogP contribution is -2.29. The van der Waals surface area contributed by atoms with Crippen LogP contribution in [-0.2, 0) is 0 Å². The van der Waals surface area contributed by atoms with Gasteiger partial charge < -0.3 is 0 Å². The lowest BCUT2D eigenvalue weighted by molar-refractivity contribution is 0.0964. The molecule has 1 amide bonds. The van der Waals surface area contributed by atoms with Gasteiger partial charge in [-0.05, 0) is 18.2 Å². The smallest absolute Gasteiger partial charge is 0.275 e. The number of aromatic nitrogens is 3. The van der Waals surface area contributed by atoms with E-state index in [2.05, 4.69) is 20.9 Å². The van der Waals surface area contributed by atoms with Crippen molar-refractivity contribution < 1.29 is 4.79 Å². The summed E-state index contributed by atoms with van der Waals surface area (Å²) in [4.78, 5) is 16.3. The molecule has 9 heteroatoms. The van der Waals surface area contributed by atoms with Gasteiger partial charge in [-0.25, -0.2) is 9.50 Å². The number of rotatable bonds is 3. The first-order valence-corrected chi connectivity index (χ1v) is 7.19. The van der Waals surface area contributed by atoms with Crippen molar-refractivity contribution in [3.8, 4) is 0 Å². The predicted octanol–water partition coefficient (Wildman–Crippen LogP) is 3.45. The molecular weight excluding hydrogens is 349 g/mol. The van der Waals surface area contributed by atoms with Crippen molar-refractivity contribution in [1.29, 1.82) is 0 Å². The molecule has 0 saturated heterocycles. The maximum Gasteiger partial charge on any atom is 0.275 e. The van der Waals surface area contributed by atoms with Crippen molar-refractivity contribution in [2.75, 3.05) is 5.43 Å². The van der Waals surface area contributed by atoms with Crippen LogP contribution in [0.3, 0.4) is 0 Å². The molecule has 22 heavy (non-hydrogen) atoms. The fraction of sp³-hybridized carbons (Fsp3) is 0. The van der Waals surface area contributed by atoms with E-state index in [4.69, 9.17) is 34.8 Å². The van der Waals surface area contributed by atoms with Gasteiger partial charge in [0.15, 0.2) is 5.65 Å². The molecule has 2 aromatic heterocycles. The van der Waals surface area contributed by atoms with Crippen LogP contribution in [0, 0.1) is 0 Å². The van der Waals surface area contributed by atoms with Crippen LogP contribution in [0.2, 0.25) is 15.1 Å². The number of anilines is 1. The lowest BCUT2D eigenvalue weighted by atomic mass is 10.3. The normalized spacial score (nSPS) is 10.7. The number of hydrogen-bond acceptors (Lipinski definition) is 4. The Hall–Kier alpha value is -2.02. The standard InChI is InChI=1S/C13H8Cl3N5O/c14-7-4-9(15)11(10(16)5-7)19-20-13(22)8-6-18-21-3-1-2-17-12(8)21/h1-6,19H,(H,20,22). The molecule has 0 unspecified atom stereocenters. The lowest BCUT2D eigenvalue weighted by Gasteiger charge is -2.11. The first-order chi connectivity index (χ1) is 10.6. The maximum absolute atomic E-state index is 12.2. The molecule has 112 valence electrons. The topological polar surface area (TPSA) is 71.3 Å². The van der Waals surface area contributed by atoms with Crippen molar-refractivity contribution in [2.24, 2.45) is 0 Å². The second kappa shape index (κ2) is 6.00. The van der Waals surface area contributed by atoms with Crippen molar-refractivity contribution in [3.63, 3.8) is 0 Å². The zero-order valence-corrected chi connectivity index (χ0v) is 13.1. The number of halogens is 3. The first-order valence-electron chi connectivity index (χ1n) is 6.05. The Balaban J connectivity index is 1.81. The van der Waals surface area contributed by atoms with Crippen molar-refractivity contribution in [2.45, 2.75) is 0 Å². The van der Waals surface area contributed by atoms with Gasteiger partial charge in [-0.1, -0.05) is 34.8 Å². The summed E-state index contributed by atoms with van der Waals surface area (Å²) in [5, 5.41) is 5.01. The monoisotopic (exact) mass is 355 g/mol. The quantitative estimate of drug-likeness (QED) is 0.705. The predicted molar refractivity (Wildman–Crippen MR) is 85.5 cm³/mol. The van der Waals surface area contributed by atoms with Crippen molar-refractivity contribution in [3.05, 3.63) is 57.4 Å². The minimum atomic E-state index is -0.421. The van der Waals surface area contributed by atoms with Gasteiger partial charge in [0.1, 0.15) is 5.56 Å². The van der Waals surface area contributed by atoms with Crippen LogP contribution in [0.5, 0.6) is 0 Å². The second-order valence-corrected chi connectivity index (χ2v) is 5.52. The highest BCUT2D eigenvalue weighted by Crippen LogP contribution is 2.33. The van der Waals surface area contributed by atoms with E-state index < -0.39 is 5.91 Å². The van der Waals surface area contributed by atoms with Crippen LogP contribution < -0.4 is 10.9 Å². The van der Waals surface area contributed by atoms with Gasteiger partial charge in [-0.2, -0.15) is 5.10 Å². The minimum absolute atomic E-state index is 0.288. The Bertz CT molecular complexity index is 841. The molecule has 2 heterocycles. The molecule has 6 nitrogen and oxygen atoms in total. The summed E-state index contributed by atoms with van der Waals surface area (Å²) in [5.41, 5.74) is 6.28. The van der Waals surface area contributed by atoms with Crippen LogP contribution in [0.25, 0.3) is 5.65 Å². The van der Waals surface area contributed by atoms with Gasteiger partial charge in [0.05, 0.1) is 21.9 Å². The molecule has 0 atom stereocenters. The highest BCUT2D eigenvalue weighted by Gasteiger charge is 2.14. The number of hydrogen-bond donors (Lipinski definition) is 2. The van der Waals surface area contributed by atoms with E-state index in [9.17, 15) is 4.79 Å². The van der Waals surface area contributed by atoms with Crippen LogP contribution in [0.15, 0.2) is 36.8 Å². The second-order valence-electron chi connectivity index (χ2n) is 4.27. The van der Waals surface area contributed by atoms with Gasteiger partial charge in [0, 0.05) is 17.4 Å². The van der Waals surface area contributed by atoms with Crippen LogP contribution in [-0.4, -0.2) is 20.5 Å². The summed E-state index contributed by atoms with van der Waals surface area (Å²) in [7, 11) is 0. The SMILES string of the molecule is O=C(NNc1c(Cl)cc(Cl)cc1Cl)c1cnn2cccnc12. The summed E-state index contributed by atoms with van der Waals surface area (Å²) in [6.45, 7) is 0. The number of carbonyl (C=O) groups is 1. The van der Waals surface area contributed by atoms with Gasteiger partial charge in [0.25, 0.3) is 5.91 Å². The van der Waals surface area contributed by atoms with Crippen molar-refractivity contribution in [1.82, 2.24) is 20.0 Å². The Morgan fingerprint density at radius 2 is 1.91 bits per heavy atom. The largest absolute Gasteiger partial charge is 0.295 e. The van der Waals surface area contributed by atoms with E-state index in [1.54, 1.807) is 18.5 Å². The first kappa shape index (κ1) is 14.9. The number of fused-ring (bicyclic) bond motifs is 1. The van der Waals surface area contributed by atoms with E-state index in [0.717, 1.165) is 0 Å². The molecule has 0 aliphatic carbocycles. The van der Waals surface area contributed by atoms with Gasteiger partial charge in [-0.15, -0.1) is 0 Å². The fourth-order valence-electron chi connectivity index (χ4n) is 1.84. The highest BCUT2D eigenvalue weighted by atomic mass is 35.5. The summed E-state index contributed by atoms with van der Waals surface area (Å²) in [6, 6.07) is 4.74. The van der Waals surface area contributed by atoms with Gasteiger partial charge in [0.2, 0.25) is 0 Å². The Morgan fingerprint density at radius 3 is 2.64 bits per heavy atom. The van der Waals surface area contributed by atoms with E-state index in [1.165, 1.54) is 22.8 Å². The third kappa shape index (κ3) is 2.81. The summed E-state index contributed by atoms with van der Waals surface area (Å²) >= 11 is 17.9. The highest BCUT2D eigenvalue weighted by molar-refractivity contribution is 6.41. The van der Waals surface area contributed by atoms with Gasteiger partial charge in [-0.3, -0.25) is 15.6 Å². The summed E-state index contributed by atoms with van der Waals surface area (Å²) < 4.78 is 1.50. The number of nitrogens with one attached hydrogen (secondary N) is 2. The molecule has 0 radical (unpaired) electrons. The van der Waals surface area contributed by atoms with Crippen molar-refractivity contribution >= 4 is 52.0 Å². The van der Waals surface area contributed by atoms with E-state index in [1.807, 2.05) is 0 Å². The Kier molecular flexibility index (Phi) is 4.06. The van der Waals surface area contributed by atoms with E-state index in [0.29, 0.717) is 21.9 Å². The molecule has 0 saturated carbocycles. The number of carbonyl (C=O) groups excluding carboxylic acids is 1. The zero-order chi connectivity index (χ0) is 15.7. The zero-order valence-electron chi connectivity index (χ0n) is 10.8. The molecule has 0 spiro atoms. The number of hydrazine groups is 1. The van der Waals surface area contributed by atoms with Gasteiger partial charge >= 0.3 is 0 Å². The minimum Gasteiger partial charge on any atom is -0.295 e. The molecule has 2 N–H and O–H groups in total. The Morgan fingerprint density at radius 1 is 1.18 bits per heavy atom. The molecule has 0 bridgehead atoms. The third-order valence-electron chi connectivity index (χ3n) is 2.83. The molecule has 0 aliphatic heterocycles. The van der Waals surface area contributed by atoms with Crippen LogP contribution >= 0.6 is 34.8 Å². The fourth-order valence-corrected chi connectivity index (χ4v) is 2.75. The molecular formula is C13H8Cl3N5O. The number of amides is 1. The molecule has 1 aromatic carbocycles. The summed E-state index contributed by atoms with van der Waals surface area (Å²) in [6.07, 6.45) is 4.69. The Labute approximate surface area is 140 Å². The maximum atomic E-state index is 12.2.